The molecule has 0 aromatic carbocycles. The number of unbranched alkanes of at least 4 members (excludes halogenated alkanes) is 29. The molecule has 0 fully saturated rings. The Hall–Kier alpha value is -1.92. The second-order valence-electron chi connectivity index (χ2n) is 16.4. The molecule has 2 atom stereocenters. The van der Waals surface area contributed by atoms with E-state index in [-0.39, 0.29) is 18.5 Å². The smallest absolute Gasteiger partial charge is 0.305 e. The molecule has 328 valence electrons. The summed E-state index contributed by atoms with van der Waals surface area (Å²) in [5, 5.41) is 22.9. The van der Waals surface area contributed by atoms with Gasteiger partial charge in [0.25, 0.3) is 0 Å². The number of hydrogen-bond donors (Lipinski definition) is 3. The Bertz CT molecular complexity index is 915. The molecule has 0 rings (SSSR count). The first-order valence-electron chi connectivity index (χ1n) is 24.3. The Morgan fingerprint density at radius 1 is 0.482 bits per heavy atom. The highest BCUT2D eigenvalue weighted by atomic mass is 16.5. The van der Waals surface area contributed by atoms with Crippen LogP contribution in [0.3, 0.4) is 0 Å². The predicted octanol–water partition coefficient (Wildman–Crippen LogP) is 14.1. The van der Waals surface area contributed by atoms with E-state index in [0.29, 0.717) is 19.4 Å². The van der Waals surface area contributed by atoms with E-state index in [9.17, 15) is 19.8 Å². The van der Waals surface area contributed by atoms with E-state index in [1.165, 1.54) is 135 Å². The second-order valence-corrected chi connectivity index (χ2v) is 16.4. The van der Waals surface area contributed by atoms with Gasteiger partial charge in [-0.25, -0.2) is 0 Å². The molecule has 0 aliphatic rings. The summed E-state index contributed by atoms with van der Waals surface area (Å²) in [6.07, 6.45) is 54.3. The van der Waals surface area contributed by atoms with Crippen LogP contribution < -0.4 is 5.32 Å². The third kappa shape index (κ3) is 41.7. The van der Waals surface area contributed by atoms with Crippen molar-refractivity contribution in [2.24, 2.45) is 0 Å². The van der Waals surface area contributed by atoms with E-state index in [0.717, 1.165) is 83.5 Å². The van der Waals surface area contributed by atoms with Crippen molar-refractivity contribution in [3.05, 3.63) is 36.5 Å². The van der Waals surface area contributed by atoms with Crippen LogP contribution in [0.5, 0.6) is 0 Å². The molecule has 0 saturated heterocycles. The summed E-state index contributed by atoms with van der Waals surface area (Å²) in [7, 11) is 0. The van der Waals surface area contributed by atoms with E-state index in [1.54, 1.807) is 6.08 Å². The van der Waals surface area contributed by atoms with Crippen LogP contribution in [0, 0.1) is 0 Å². The summed E-state index contributed by atoms with van der Waals surface area (Å²) in [5.41, 5.74) is 0. The summed E-state index contributed by atoms with van der Waals surface area (Å²) in [4.78, 5) is 24.4. The fourth-order valence-corrected chi connectivity index (χ4v) is 7.09. The molecule has 3 N–H and O–H groups in total. The lowest BCUT2D eigenvalue weighted by atomic mass is 10.1. The third-order valence-electron chi connectivity index (χ3n) is 10.9. The van der Waals surface area contributed by atoms with Crippen molar-refractivity contribution < 1.29 is 24.5 Å². The molecule has 0 spiro atoms. The molecule has 0 heterocycles. The molecule has 0 bridgehead atoms. The first-order valence-corrected chi connectivity index (χ1v) is 24.3. The Morgan fingerprint density at radius 2 is 0.839 bits per heavy atom. The van der Waals surface area contributed by atoms with Gasteiger partial charge < -0.3 is 20.3 Å². The van der Waals surface area contributed by atoms with Crippen LogP contribution in [0.1, 0.15) is 245 Å². The number of carbonyl (C=O) groups is 2. The number of allylic oxidation sites excluding steroid dienone is 5. The van der Waals surface area contributed by atoms with Crippen molar-refractivity contribution in [1.82, 2.24) is 5.32 Å². The Balaban J connectivity index is 3.54. The van der Waals surface area contributed by atoms with Crippen molar-refractivity contribution in [3.63, 3.8) is 0 Å². The monoisotopic (exact) mass is 788 g/mol. The minimum atomic E-state index is -0.861. The number of hydrogen-bond acceptors (Lipinski definition) is 5. The SMILES string of the molecule is CCCCCCCC/C=C\CCCCCCCCCC(=O)OCCCC/C=C\CCCCCCCC(=O)NC(CO)C(O)/C=C/CCCCCCCCCCC. The van der Waals surface area contributed by atoms with Crippen molar-refractivity contribution in [1.29, 1.82) is 0 Å². The topological polar surface area (TPSA) is 95.9 Å². The lowest BCUT2D eigenvalue weighted by molar-refractivity contribution is -0.143. The molecule has 2 unspecified atom stereocenters. The number of nitrogens with one attached hydrogen (secondary N) is 1. The summed E-state index contributed by atoms with van der Waals surface area (Å²) >= 11 is 0. The van der Waals surface area contributed by atoms with Crippen LogP contribution in [0.15, 0.2) is 36.5 Å². The zero-order valence-electron chi connectivity index (χ0n) is 37.1. The summed E-state index contributed by atoms with van der Waals surface area (Å²) < 4.78 is 5.43. The van der Waals surface area contributed by atoms with Crippen LogP contribution >= 0.6 is 0 Å². The fraction of sp³-hybridized carbons (Fsp3) is 0.840. The van der Waals surface area contributed by atoms with E-state index >= 15 is 0 Å². The van der Waals surface area contributed by atoms with Gasteiger partial charge in [-0.1, -0.05) is 185 Å². The van der Waals surface area contributed by atoms with Crippen molar-refractivity contribution in [2.45, 2.75) is 257 Å². The zero-order valence-corrected chi connectivity index (χ0v) is 37.1. The second kappa shape index (κ2) is 45.8. The molecule has 0 aromatic heterocycles. The van der Waals surface area contributed by atoms with Gasteiger partial charge in [0.2, 0.25) is 5.91 Å². The van der Waals surface area contributed by atoms with Crippen LogP contribution in [-0.2, 0) is 14.3 Å². The van der Waals surface area contributed by atoms with Gasteiger partial charge in [0.05, 0.1) is 25.4 Å². The van der Waals surface area contributed by atoms with Crippen LogP contribution in [-0.4, -0.2) is 47.4 Å². The molecule has 6 nitrogen and oxygen atoms in total. The quantitative estimate of drug-likeness (QED) is 0.0325. The fourth-order valence-electron chi connectivity index (χ4n) is 7.09. The number of rotatable bonds is 44. The van der Waals surface area contributed by atoms with Crippen LogP contribution in [0.4, 0.5) is 0 Å². The Morgan fingerprint density at radius 3 is 1.27 bits per heavy atom. The van der Waals surface area contributed by atoms with E-state index in [1.807, 2.05) is 6.08 Å². The minimum Gasteiger partial charge on any atom is -0.466 e. The molecule has 0 aliphatic carbocycles. The maximum Gasteiger partial charge on any atom is 0.305 e. The van der Waals surface area contributed by atoms with Crippen molar-refractivity contribution in [2.75, 3.05) is 13.2 Å². The summed E-state index contributed by atoms with van der Waals surface area (Å²) in [6, 6.07) is -0.648. The van der Waals surface area contributed by atoms with Gasteiger partial charge >= 0.3 is 5.97 Å². The Kier molecular flexibility index (Phi) is 44.2. The highest BCUT2D eigenvalue weighted by Gasteiger charge is 2.18. The molecular formula is C50H93NO5. The molecule has 0 aliphatic heterocycles. The first-order chi connectivity index (χ1) is 27.5. The van der Waals surface area contributed by atoms with E-state index in [4.69, 9.17) is 4.74 Å². The molecule has 0 aromatic rings. The summed E-state index contributed by atoms with van der Waals surface area (Å²) in [5.74, 6) is -0.137. The van der Waals surface area contributed by atoms with Crippen molar-refractivity contribution >= 4 is 11.9 Å². The molecule has 1 amide bonds. The van der Waals surface area contributed by atoms with Crippen LogP contribution in [0.2, 0.25) is 0 Å². The normalized spacial score (nSPS) is 13.0. The van der Waals surface area contributed by atoms with E-state index < -0.39 is 12.1 Å². The average molecular weight is 788 g/mol. The number of esters is 1. The summed E-state index contributed by atoms with van der Waals surface area (Å²) in [6.45, 7) is 4.79. The van der Waals surface area contributed by atoms with Crippen molar-refractivity contribution in [3.8, 4) is 0 Å². The number of ether oxygens (including phenoxy) is 1. The average Bonchev–Trinajstić information content (AvgIpc) is 3.20. The largest absolute Gasteiger partial charge is 0.466 e. The maximum absolute atomic E-state index is 12.4. The van der Waals surface area contributed by atoms with Gasteiger partial charge in [0.1, 0.15) is 0 Å². The van der Waals surface area contributed by atoms with Gasteiger partial charge in [0, 0.05) is 12.8 Å². The number of carbonyl (C=O) groups excluding carboxylic acids is 2. The van der Waals surface area contributed by atoms with Gasteiger partial charge in [0.15, 0.2) is 0 Å². The number of amides is 1. The molecule has 6 heteroatoms. The number of aliphatic hydroxyl groups excluding tert-OH is 2. The molecule has 0 saturated carbocycles. The van der Waals surface area contributed by atoms with E-state index in [2.05, 4.69) is 43.5 Å². The number of aliphatic hydroxyl groups is 2. The standard InChI is InChI=1S/C50H93NO5/c1-3-5-7-9-11-13-15-16-17-18-19-20-24-28-32-36-40-44-50(55)56-45-41-37-33-29-25-21-23-27-31-35-39-43-49(54)51-47(46-52)48(53)42-38-34-30-26-22-14-12-10-8-6-4-2/h16-17,25,29,38,42,47-48,52-53H,3-15,18-24,26-28,30-37,39-41,43-46H2,1-2H3,(H,51,54)/b17-16-,29-25-,42-38+. The molecular weight excluding hydrogens is 695 g/mol. The van der Waals surface area contributed by atoms with Gasteiger partial charge in [-0.15, -0.1) is 0 Å². The minimum absolute atomic E-state index is 0.0375. The Labute approximate surface area is 347 Å². The molecule has 56 heavy (non-hydrogen) atoms. The lowest BCUT2D eigenvalue weighted by Gasteiger charge is -2.20. The van der Waals surface area contributed by atoms with Gasteiger partial charge in [-0.2, -0.15) is 0 Å². The highest BCUT2D eigenvalue weighted by molar-refractivity contribution is 5.76. The lowest BCUT2D eigenvalue weighted by Crippen LogP contribution is -2.45. The first kappa shape index (κ1) is 54.1. The van der Waals surface area contributed by atoms with Crippen LogP contribution in [0.25, 0.3) is 0 Å². The van der Waals surface area contributed by atoms with Gasteiger partial charge in [-0.3, -0.25) is 9.59 Å². The highest BCUT2D eigenvalue weighted by Crippen LogP contribution is 2.14. The molecule has 0 radical (unpaired) electrons. The maximum atomic E-state index is 12.4. The van der Waals surface area contributed by atoms with Gasteiger partial charge in [-0.05, 0) is 83.5 Å². The predicted molar refractivity (Wildman–Crippen MR) is 241 cm³/mol. The third-order valence-corrected chi connectivity index (χ3v) is 10.9. The zero-order chi connectivity index (χ0) is 40.8.